The molecule has 9 nitrogen and oxygen atoms in total. The minimum atomic E-state index is -0.400. The third-order valence-corrected chi connectivity index (χ3v) is 5.39. The lowest BCUT2D eigenvalue weighted by Gasteiger charge is -2.23. The van der Waals surface area contributed by atoms with Crippen molar-refractivity contribution in [1.29, 1.82) is 0 Å². The molecule has 9 heteroatoms. The molecule has 0 radical (unpaired) electrons. The van der Waals surface area contributed by atoms with E-state index in [1.807, 2.05) is 0 Å². The van der Waals surface area contributed by atoms with Crippen LogP contribution in [0, 0.1) is 0 Å². The molecular formula is C22H29N5O4. The number of carbonyl (C=O) groups is 3. The van der Waals surface area contributed by atoms with Gasteiger partial charge in [0.15, 0.2) is 0 Å². The fourth-order valence-electron chi connectivity index (χ4n) is 3.73. The number of fused-ring (bicyclic) bond motifs is 4. The van der Waals surface area contributed by atoms with E-state index in [9.17, 15) is 14.4 Å². The van der Waals surface area contributed by atoms with Gasteiger partial charge in [-0.25, -0.2) is 4.98 Å². The molecular weight excluding hydrogens is 398 g/mol. The first-order valence-electron chi connectivity index (χ1n) is 10.5. The number of benzene rings is 1. The van der Waals surface area contributed by atoms with Crippen molar-refractivity contribution in [2.45, 2.75) is 38.0 Å². The Kier molecular flexibility index (Phi) is 7.77. The van der Waals surface area contributed by atoms with Crippen LogP contribution < -0.4 is 10.6 Å². The van der Waals surface area contributed by atoms with Crippen molar-refractivity contribution in [2.24, 2.45) is 0 Å². The summed E-state index contributed by atoms with van der Waals surface area (Å²) < 4.78 is 5.08. The van der Waals surface area contributed by atoms with Crippen molar-refractivity contribution in [1.82, 2.24) is 14.9 Å². The molecule has 1 atom stereocenters. The molecule has 0 fully saturated rings. The van der Waals surface area contributed by atoms with E-state index in [-0.39, 0.29) is 11.8 Å². The first-order valence-corrected chi connectivity index (χ1v) is 10.5. The Morgan fingerprint density at radius 3 is 3.00 bits per heavy atom. The molecule has 2 bridgehead atoms. The van der Waals surface area contributed by atoms with Gasteiger partial charge in [-0.1, -0.05) is 6.42 Å². The normalized spacial score (nSPS) is 16.3. The van der Waals surface area contributed by atoms with Crippen molar-refractivity contribution in [2.75, 3.05) is 37.9 Å². The minimum absolute atomic E-state index is 0.00395. The van der Waals surface area contributed by atoms with E-state index < -0.39 is 5.92 Å². The number of hydrogen-bond acceptors (Lipinski definition) is 5. The number of carbonyl (C=O) groups excluding carboxylic acids is 3. The molecule has 1 unspecified atom stereocenters. The van der Waals surface area contributed by atoms with Crippen molar-refractivity contribution < 1.29 is 19.1 Å². The maximum atomic E-state index is 13.1. The molecule has 0 saturated heterocycles. The number of rotatable bonds is 7. The third kappa shape index (κ3) is 5.69. The highest BCUT2D eigenvalue weighted by Crippen LogP contribution is 2.32. The standard InChI is InChI=1S/C22H29N5O4/c1-27(10-5-11-31-2)22(30)17-6-3-4-7-20(29)25-18-12-15(24-14-28)8-9-16(18)19-13-23-21(17)26-19/h8-9,12-14,17H,3-7,10-11H2,1-2H3,(H,23,26)(H,24,28)(H,25,29). The van der Waals surface area contributed by atoms with Crippen LogP contribution in [0.5, 0.6) is 0 Å². The smallest absolute Gasteiger partial charge is 0.233 e. The number of nitrogens with zero attached hydrogens (tertiary/aromatic N) is 2. The summed E-state index contributed by atoms with van der Waals surface area (Å²) in [4.78, 5) is 46.0. The maximum Gasteiger partial charge on any atom is 0.233 e. The number of ether oxygens (including phenoxy) is 1. The van der Waals surface area contributed by atoms with E-state index in [2.05, 4.69) is 15.6 Å². The molecule has 1 aromatic carbocycles. The van der Waals surface area contributed by atoms with E-state index in [1.54, 1.807) is 43.5 Å². The first-order chi connectivity index (χ1) is 15.0. The summed E-state index contributed by atoms with van der Waals surface area (Å²) in [5.41, 5.74) is 2.48. The Morgan fingerprint density at radius 2 is 2.23 bits per heavy atom. The third-order valence-electron chi connectivity index (χ3n) is 5.39. The Morgan fingerprint density at radius 1 is 1.39 bits per heavy atom. The van der Waals surface area contributed by atoms with Gasteiger partial charge in [0.1, 0.15) is 5.82 Å². The van der Waals surface area contributed by atoms with E-state index >= 15 is 0 Å². The van der Waals surface area contributed by atoms with Gasteiger partial charge in [-0.15, -0.1) is 0 Å². The monoisotopic (exact) mass is 427 g/mol. The van der Waals surface area contributed by atoms with Gasteiger partial charge in [0.05, 0.1) is 17.3 Å². The number of anilines is 2. The van der Waals surface area contributed by atoms with E-state index in [0.717, 1.165) is 12.8 Å². The second-order valence-corrected chi connectivity index (χ2v) is 7.65. The Hall–Kier alpha value is -3.20. The first kappa shape index (κ1) is 22.5. The number of hydrogen-bond donors (Lipinski definition) is 3. The van der Waals surface area contributed by atoms with Crippen molar-refractivity contribution in [3.05, 3.63) is 30.2 Å². The fraction of sp³-hybridized carbons (Fsp3) is 0.455. The molecule has 0 aliphatic carbocycles. The summed E-state index contributed by atoms with van der Waals surface area (Å²) in [6.45, 7) is 1.20. The second kappa shape index (κ2) is 10.7. The van der Waals surface area contributed by atoms with Crippen molar-refractivity contribution >= 4 is 29.6 Å². The Bertz CT molecular complexity index is 926. The molecule has 166 valence electrons. The molecule has 1 aliphatic rings. The number of amides is 3. The number of aromatic nitrogens is 2. The topological polar surface area (TPSA) is 116 Å². The number of H-pyrrole nitrogens is 1. The van der Waals surface area contributed by atoms with Gasteiger partial charge >= 0.3 is 0 Å². The van der Waals surface area contributed by atoms with Gasteiger partial charge in [-0.2, -0.15) is 0 Å². The van der Waals surface area contributed by atoms with Gasteiger partial charge in [0.25, 0.3) is 0 Å². The summed E-state index contributed by atoms with van der Waals surface area (Å²) in [6, 6.07) is 5.24. The zero-order valence-electron chi connectivity index (χ0n) is 17.9. The largest absolute Gasteiger partial charge is 0.385 e. The predicted octanol–water partition coefficient (Wildman–Crippen LogP) is 2.74. The van der Waals surface area contributed by atoms with Gasteiger partial charge in [0, 0.05) is 51.2 Å². The summed E-state index contributed by atoms with van der Waals surface area (Å²) in [5, 5.41) is 5.52. The average Bonchev–Trinajstić information content (AvgIpc) is 3.23. The molecule has 2 heterocycles. The molecule has 3 rings (SSSR count). The highest BCUT2D eigenvalue weighted by atomic mass is 16.5. The van der Waals surface area contributed by atoms with Gasteiger partial charge in [-0.05, 0) is 37.5 Å². The molecule has 0 spiro atoms. The molecule has 2 aromatic rings. The average molecular weight is 428 g/mol. The van der Waals surface area contributed by atoms with Crippen LogP contribution in [-0.4, -0.2) is 60.4 Å². The van der Waals surface area contributed by atoms with Crippen LogP contribution in [0.3, 0.4) is 0 Å². The maximum absolute atomic E-state index is 13.1. The summed E-state index contributed by atoms with van der Waals surface area (Å²) in [6.07, 6.45) is 5.46. The Balaban J connectivity index is 1.92. The summed E-state index contributed by atoms with van der Waals surface area (Å²) in [5.74, 6) is 0.111. The van der Waals surface area contributed by atoms with Crippen LogP contribution in [0.15, 0.2) is 24.4 Å². The summed E-state index contributed by atoms with van der Waals surface area (Å²) >= 11 is 0. The van der Waals surface area contributed by atoms with Crippen LogP contribution >= 0.6 is 0 Å². The highest BCUT2D eigenvalue weighted by molar-refractivity contribution is 5.96. The Labute approximate surface area is 181 Å². The number of aromatic amines is 1. The number of imidazole rings is 1. The van der Waals surface area contributed by atoms with Gasteiger partial charge in [-0.3, -0.25) is 14.4 Å². The number of methoxy groups -OCH3 is 1. The molecule has 0 saturated carbocycles. The summed E-state index contributed by atoms with van der Waals surface area (Å²) in [7, 11) is 3.44. The zero-order chi connectivity index (χ0) is 22.2. The lowest BCUT2D eigenvalue weighted by atomic mass is 9.98. The van der Waals surface area contributed by atoms with Crippen LogP contribution in [0.4, 0.5) is 11.4 Å². The highest BCUT2D eigenvalue weighted by Gasteiger charge is 2.27. The quantitative estimate of drug-likeness (QED) is 0.464. The van der Waals surface area contributed by atoms with Crippen molar-refractivity contribution in [3.63, 3.8) is 0 Å². The molecule has 3 N–H and O–H groups in total. The lowest BCUT2D eigenvalue weighted by molar-refractivity contribution is -0.132. The van der Waals surface area contributed by atoms with Crippen LogP contribution in [0.1, 0.15) is 43.8 Å². The number of likely N-dealkylation sites (N-methyl/N-ethyl adjacent to an activating group) is 1. The molecule has 1 aromatic heterocycles. The molecule has 3 amide bonds. The zero-order valence-corrected chi connectivity index (χ0v) is 17.9. The van der Waals surface area contributed by atoms with Gasteiger partial charge in [0.2, 0.25) is 18.2 Å². The minimum Gasteiger partial charge on any atom is -0.385 e. The second-order valence-electron chi connectivity index (χ2n) is 7.65. The van der Waals surface area contributed by atoms with E-state index in [4.69, 9.17) is 9.72 Å². The fourth-order valence-corrected chi connectivity index (χ4v) is 3.73. The van der Waals surface area contributed by atoms with Crippen molar-refractivity contribution in [3.8, 4) is 11.3 Å². The van der Waals surface area contributed by atoms with Crippen LogP contribution in [-0.2, 0) is 19.1 Å². The van der Waals surface area contributed by atoms with Crippen LogP contribution in [0.25, 0.3) is 11.3 Å². The van der Waals surface area contributed by atoms with E-state index in [0.29, 0.717) is 67.3 Å². The van der Waals surface area contributed by atoms with Gasteiger partial charge < -0.3 is 25.3 Å². The molecule has 1 aliphatic heterocycles. The predicted molar refractivity (Wildman–Crippen MR) is 118 cm³/mol. The number of nitrogens with one attached hydrogen (secondary N) is 3. The van der Waals surface area contributed by atoms with Crippen LogP contribution in [0.2, 0.25) is 0 Å². The van der Waals surface area contributed by atoms with E-state index in [1.165, 1.54) is 0 Å². The molecule has 31 heavy (non-hydrogen) atoms. The lowest BCUT2D eigenvalue weighted by Crippen LogP contribution is -2.33. The SMILES string of the molecule is COCCCN(C)C(=O)C1CCCCC(=O)Nc2cc(NC=O)ccc2-c2c[nH]c1n2.